The molecule has 0 heteroatoms. The smallest absolute Gasteiger partial charge is 0.0292 e. The molecule has 0 aromatic heterocycles. The SMILES string of the molecule is CC(C)C(C)CCC1=CC[C@@H](C)[C@@H](C)C1. The fraction of sp³-hybridized carbons (Fsp3) is 0.867. The quantitative estimate of drug-likeness (QED) is 0.567. The van der Waals surface area contributed by atoms with Crippen molar-refractivity contribution in [2.75, 3.05) is 0 Å². The number of allylic oxidation sites excluding steroid dienone is 2. The average molecular weight is 208 g/mol. The zero-order chi connectivity index (χ0) is 11.4. The van der Waals surface area contributed by atoms with E-state index in [0.717, 1.165) is 23.7 Å². The van der Waals surface area contributed by atoms with Crippen molar-refractivity contribution in [3.63, 3.8) is 0 Å². The zero-order valence-corrected chi connectivity index (χ0v) is 11.2. The van der Waals surface area contributed by atoms with Crippen molar-refractivity contribution < 1.29 is 0 Å². The van der Waals surface area contributed by atoms with Crippen LogP contribution in [-0.4, -0.2) is 0 Å². The van der Waals surface area contributed by atoms with Crippen LogP contribution >= 0.6 is 0 Å². The Labute approximate surface area is 96.2 Å². The third-order valence-corrected chi connectivity index (χ3v) is 4.39. The molecule has 1 aliphatic rings. The molecule has 3 atom stereocenters. The maximum Gasteiger partial charge on any atom is -0.0292 e. The predicted molar refractivity (Wildman–Crippen MR) is 68.9 cm³/mol. The first kappa shape index (κ1) is 12.8. The topological polar surface area (TPSA) is 0 Å². The number of rotatable bonds is 4. The molecule has 0 aromatic carbocycles. The molecule has 0 saturated heterocycles. The Balaban J connectivity index is 2.34. The van der Waals surface area contributed by atoms with E-state index in [1.54, 1.807) is 5.57 Å². The van der Waals surface area contributed by atoms with Crippen LogP contribution in [0, 0.1) is 23.7 Å². The highest BCUT2D eigenvalue weighted by molar-refractivity contribution is 5.07. The van der Waals surface area contributed by atoms with E-state index in [-0.39, 0.29) is 0 Å². The van der Waals surface area contributed by atoms with E-state index in [4.69, 9.17) is 0 Å². The Morgan fingerprint density at radius 1 is 1.20 bits per heavy atom. The van der Waals surface area contributed by atoms with Crippen molar-refractivity contribution in [3.05, 3.63) is 11.6 Å². The van der Waals surface area contributed by atoms with E-state index in [9.17, 15) is 0 Å². The second kappa shape index (κ2) is 5.72. The van der Waals surface area contributed by atoms with E-state index in [1.807, 2.05) is 0 Å². The molecule has 1 rings (SSSR count). The highest BCUT2D eigenvalue weighted by atomic mass is 14.2. The molecule has 0 bridgehead atoms. The van der Waals surface area contributed by atoms with Gasteiger partial charge >= 0.3 is 0 Å². The highest BCUT2D eigenvalue weighted by Crippen LogP contribution is 2.32. The maximum atomic E-state index is 2.51. The summed E-state index contributed by atoms with van der Waals surface area (Å²) in [6.07, 6.45) is 7.90. The van der Waals surface area contributed by atoms with Gasteiger partial charge in [-0.2, -0.15) is 0 Å². The van der Waals surface area contributed by atoms with Crippen molar-refractivity contribution in [1.82, 2.24) is 0 Å². The zero-order valence-electron chi connectivity index (χ0n) is 11.2. The van der Waals surface area contributed by atoms with Gasteiger partial charge in [-0.3, -0.25) is 0 Å². The standard InChI is InChI=1S/C15H28/c1-11(2)12(3)6-8-15-9-7-13(4)14(5)10-15/h9,11-14H,6-8,10H2,1-5H3/t12?,13-,14+/m1/s1. The summed E-state index contributed by atoms with van der Waals surface area (Å²) in [5, 5.41) is 0. The highest BCUT2D eigenvalue weighted by Gasteiger charge is 2.18. The lowest BCUT2D eigenvalue weighted by atomic mass is 9.79. The van der Waals surface area contributed by atoms with Crippen molar-refractivity contribution in [2.45, 2.75) is 60.3 Å². The fourth-order valence-corrected chi connectivity index (χ4v) is 2.23. The average Bonchev–Trinajstić information content (AvgIpc) is 2.19. The molecule has 0 heterocycles. The molecule has 0 fully saturated rings. The molecule has 1 unspecified atom stereocenters. The van der Waals surface area contributed by atoms with Gasteiger partial charge in [0.1, 0.15) is 0 Å². The normalized spacial score (nSPS) is 29.1. The second-order valence-electron chi connectivity index (χ2n) is 6.02. The first-order valence-corrected chi connectivity index (χ1v) is 6.68. The van der Waals surface area contributed by atoms with Crippen LogP contribution in [0.5, 0.6) is 0 Å². The molecule has 0 spiro atoms. The molecular weight excluding hydrogens is 180 g/mol. The van der Waals surface area contributed by atoms with Crippen molar-refractivity contribution >= 4 is 0 Å². The lowest BCUT2D eigenvalue weighted by Gasteiger charge is -2.26. The lowest BCUT2D eigenvalue weighted by Crippen LogP contribution is -2.14. The predicted octanol–water partition coefficient (Wildman–Crippen LogP) is 5.05. The van der Waals surface area contributed by atoms with Crippen LogP contribution in [0.2, 0.25) is 0 Å². The van der Waals surface area contributed by atoms with Crippen LogP contribution in [0.4, 0.5) is 0 Å². The van der Waals surface area contributed by atoms with Gasteiger partial charge in [0, 0.05) is 0 Å². The van der Waals surface area contributed by atoms with E-state index < -0.39 is 0 Å². The van der Waals surface area contributed by atoms with Crippen LogP contribution in [-0.2, 0) is 0 Å². The third kappa shape index (κ3) is 4.01. The minimum Gasteiger partial charge on any atom is -0.0850 e. The lowest BCUT2D eigenvalue weighted by molar-refractivity contribution is 0.349. The van der Waals surface area contributed by atoms with Gasteiger partial charge in [0.15, 0.2) is 0 Å². The van der Waals surface area contributed by atoms with Gasteiger partial charge < -0.3 is 0 Å². The Morgan fingerprint density at radius 3 is 2.40 bits per heavy atom. The van der Waals surface area contributed by atoms with Gasteiger partial charge in [-0.15, -0.1) is 0 Å². The summed E-state index contributed by atoms with van der Waals surface area (Å²) in [5.41, 5.74) is 1.73. The first-order chi connectivity index (χ1) is 7.00. The number of hydrogen-bond donors (Lipinski definition) is 0. The Morgan fingerprint density at radius 2 is 1.87 bits per heavy atom. The summed E-state index contributed by atoms with van der Waals surface area (Å²) in [6, 6.07) is 0. The summed E-state index contributed by atoms with van der Waals surface area (Å²) >= 11 is 0. The molecule has 0 nitrogen and oxygen atoms in total. The van der Waals surface area contributed by atoms with Gasteiger partial charge in [-0.25, -0.2) is 0 Å². The summed E-state index contributed by atoms with van der Waals surface area (Å²) in [5.74, 6) is 3.52. The van der Waals surface area contributed by atoms with Gasteiger partial charge in [0.25, 0.3) is 0 Å². The van der Waals surface area contributed by atoms with Crippen LogP contribution in [0.25, 0.3) is 0 Å². The summed E-state index contributed by atoms with van der Waals surface area (Å²) in [4.78, 5) is 0. The molecule has 0 amide bonds. The first-order valence-electron chi connectivity index (χ1n) is 6.68. The van der Waals surface area contributed by atoms with Gasteiger partial charge in [0.05, 0.1) is 0 Å². The largest absolute Gasteiger partial charge is 0.0850 e. The fourth-order valence-electron chi connectivity index (χ4n) is 2.23. The second-order valence-corrected chi connectivity index (χ2v) is 6.02. The van der Waals surface area contributed by atoms with Crippen molar-refractivity contribution in [2.24, 2.45) is 23.7 Å². The molecule has 0 radical (unpaired) electrons. The Kier molecular flexibility index (Phi) is 4.89. The van der Waals surface area contributed by atoms with E-state index >= 15 is 0 Å². The Bertz CT molecular complexity index is 212. The molecule has 0 aromatic rings. The van der Waals surface area contributed by atoms with Crippen LogP contribution in [0.3, 0.4) is 0 Å². The molecular formula is C15H28. The Hall–Kier alpha value is -0.260. The summed E-state index contributed by atoms with van der Waals surface area (Å²) in [7, 11) is 0. The molecule has 15 heavy (non-hydrogen) atoms. The van der Waals surface area contributed by atoms with E-state index in [0.29, 0.717) is 0 Å². The maximum absolute atomic E-state index is 2.51. The minimum atomic E-state index is 0.838. The van der Waals surface area contributed by atoms with Crippen molar-refractivity contribution in [3.8, 4) is 0 Å². The minimum absolute atomic E-state index is 0.838. The molecule has 1 aliphatic carbocycles. The van der Waals surface area contributed by atoms with Crippen molar-refractivity contribution in [1.29, 1.82) is 0 Å². The van der Waals surface area contributed by atoms with Crippen LogP contribution < -0.4 is 0 Å². The monoisotopic (exact) mass is 208 g/mol. The van der Waals surface area contributed by atoms with Crippen LogP contribution in [0.1, 0.15) is 60.3 Å². The van der Waals surface area contributed by atoms with Gasteiger partial charge in [-0.1, -0.05) is 46.3 Å². The summed E-state index contributed by atoms with van der Waals surface area (Å²) < 4.78 is 0. The van der Waals surface area contributed by atoms with E-state index in [2.05, 4.69) is 40.7 Å². The molecule has 0 saturated carbocycles. The van der Waals surface area contributed by atoms with Crippen LogP contribution in [0.15, 0.2) is 11.6 Å². The van der Waals surface area contributed by atoms with Gasteiger partial charge in [-0.05, 0) is 49.4 Å². The number of hydrogen-bond acceptors (Lipinski definition) is 0. The molecule has 0 N–H and O–H groups in total. The molecule has 88 valence electrons. The molecule has 0 aliphatic heterocycles. The summed E-state index contributed by atoms with van der Waals surface area (Å²) in [6.45, 7) is 11.9. The third-order valence-electron chi connectivity index (χ3n) is 4.39. The van der Waals surface area contributed by atoms with E-state index in [1.165, 1.54) is 25.7 Å². The van der Waals surface area contributed by atoms with Gasteiger partial charge in [0.2, 0.25) is 0 Å².